The Hall–Kier alpha value is -4.72. The molecule has 0 saturated carbocycles. The fraction of sp³-hybridized carbons (Fsp3) is 0.300. The smallest absolute Gasteiger partial charge is 0.241 e. The summed E-state index contributed by atoms with van der Waals surface area (Å²) >= 11 is 0. The second kappa shape index (κ2) is 14.4. The summed E-state index contributed by atoms with van der Waals surface area (Å²) in [6, 6.07) is 36.9. The fourth-order valence-corrected chi connectivity index (χ4v) is 7.17. The van der Waals surface area contributed by atoms with Gasteiger partial charge in [0, 0.05) is 41.1 Å². The Labute approximate surface area is 277 Å². The summed E-state index contributed by atoms with van der Waals surface area (Å²) in [5.74, 6) is 0.139. The highest BCUT2D eigenvalue weighted by Crippen LogP contribution is 2.28. The number of carbonyl (C=O) groups excluding carboxylic acids is 2. The Morgan fingerprint density at radius 3 is 1.74 bits per heavy atom. The maximum atomic E-state index is 13.3. The normalized spacial score (nSPS) is 18.5. The Morgan fingerprint density at radius 2 is 1.17 bits per heavy atom. The fourth-order valence-electron chi connectivity index (χ4n) is 7.17. The quantitative estimate of drug-likeness (QED) is 0.146. The van der Waals surface area contributed by atoms with Crippen molar-refractivity contribution in [2.24, 2.45) is 0 Å². The number of hydrogen-bond acceptors (Lipinski definition) is 4. The van der Waals surface area contributed by atoms with Gasteiger partial charge in [-0.3, -0.25) is 19.4 Å². The Bertz CT molecular complexity index is 1800. The number of aromatic nitrogens is 1. The van der Waals surface area contributed by atoms with E-state index >= 15 is 0 Å². The van der Waals surface area contributed by atoms with Crippen molar-refractivity contribution >= 4 is 34.1 Å². The van der Waals surface area contributed by atoms with E-state index in [-0.39, 0.29) is 23.9 Å². The first-order valence-electron chi connectivity index (χ1n) is 17.0. The number of hydrogen-bond donors (Lipinski definition) is 3. The molecule has 7 rings (SSSR count). The monoisotopic (exact) mass is 625 g/mol. The molecule has 4 aromatic carbocycles. The average molecular weight is 626 g/mol. The van der Waals surface area contributed by atoms with E-state index in [1.165, 1.54) is 11.1 Å². The maximum Gasteiger partial charge on any atom is 0.241 e. The maximum absolute atomic E-state index is 13.3. The van der Waals surface area contributed by atoms with Crippen molar-refractivity contribution in [2.75, 3.05) is 36.8 Å². The predicted molar refractivity (Wildman–Crippen MR) is 190 cm³/mol. The third-order valence-electron chi connectivity index (χ3n) is 9.75. The van der Waals surface area contributed by atoms with Crippen molar-refractivity contribution in [3.05, 3.63) is 120 Å². The molecule has 3 N–H and O–H groups in total. The standard InChI is InChI=1S/C40H43N5O2/c46-39(37-13-7-23-44(37)25-21-29-9-3-1-4-10-29)41-33-17-15-31(16-18-33)36-28-32-27-34(19-20-35(32)43-36)42-40(47)38-14-8-24-45(38)26-22-30-11-5-2-6-12-30/h1-6,9-12,15-20,27-28,37-38,43H,7-8,13-14,21-26H2,(H,41,46)(H,42,47)/t37-,38-/m0/s1. The van der Waals surface area contributed by atoms with E-state index in [4.69, 9.17) is 0 Å². The summed E-state index contributed by atoms with van der Waals surface area (Å²) < 4.78 is 0. The van der Waals surface area contributed by atoms with Crippen LogP contribution in [0.1, 0.15) is 36.8 Å². The molecule has 1 aromatic heterocycles. The lowest BCUT2D eigenvalue weighted by Gasteiger charge is -2.23. The van der Waals surface area contributed by atoms with Crippen LogP contribution in [0.25, 0.3) is 22.2 Å². The van der Waals surface area contributed by atoms with Gasteiger partial charge >= 0.3 is 0 Å². The summed E-state index contributed by atoms with van der Waals surface area (Å²) in [4.78, 5) is 34.7. The van der Waals surface area contributed by atoms with Gasteiger partial charge in [-0.15, -0.1) is 0 Å². The number of aromatic amines is 1. The molecule has 2 saturated heterocycles. The third-order valence-corrected chi connectivity index (χ3v) is 9.75. The molecule has 0 unspecified atom stereocenters. The summed E-state index contributed by atoms with van der Waals surface area (Å²) in [6.45, 7) is 3.70. The van der Waals surface area contributed by atoms with Gasteiger partial charge in [0.05, 0.1) is 12.1 Å². The molecular formula is C40H43N5O2. The Kier molecular flexibility index (Phi) is 9.45. The zero-order valence-corrected chi connectivity index (χ0v) is 26.8. The highest BCUT2D eigenvalue weighted by atomic mass is 16.2. The molecule has 3 heterocycles. The van der Waals surface area contributed by atoms with E-state index in [9.17, 15) is 9.59 Å². The first kappa shape index (κ1) is 30.9. The number of benzene rings is 4. The van der Waals surface area contributed by atoms with Crippen LogP contribution in [-0.2, 0) is 22.4 Å². The largest absolute Gasteiger partial charge is 0.355 e. The van der Waals surface area contributed by atoms with Gasteiger partial charge in [0.25, 0.3) is 0 Å². The first-order chi connectivity index (χ1) is 23.1. The number of anilines is 2. The van der Waals surface area contributed by atoms with E-state index in [0.717, 1.165) is 98.2 Å². The Morgan fingerprint density at radius 1 is 0.638 bits per heavy atom. The number of likely N-dealkylation sites (tertiary alicyclic amines) is 2. The highest BCUT2D eigenvalue weighted by Gasteiger charge is 2.31. The van der Waals surface area contributed by atoms with Crippen LogP contribution in [0.5, 0.6) is 0 Å². The second-order valence-electron chi connectivity index (χ2n) is 12.9. The molecule has 2 atom stereocenters. The first-order valence-corrected chi connectivity index (χ1v) is 17.0. The molecule has 0 aliphatic carbocycles. The molecule has 240 valence electrons. The molecule has 2 aliphatic rings. The summed E-state index contributed by atoms with van der Waals surface area (Å²) in [5, 5.41) is 7.37. The lowest BCUT2D eigenvalue weighted by Crippen LogP contribution is -2.40. The van der Waals surface area contributed by atoms with Crippen LogP contribution in [0.15, 0.2) is 109 Å². The van der Waals surface area contributed by atoms with Gasteiger partial charge in [-0.2, -0.15) is 0 Å². The van der Waals surface area contributed by atoms with Gasteiger partial charge in [-0.25, -0.2) is 0 Å². The van der Waals surface area contributed by atoms with Crippen LogP contribution in [0.4, 0.5) is 11.4 Å². The molecule has 0 radical (unpaired) electrons. The molecular weight excluding hydrogens is 582 g/mol. The zero-order valence-electron chi connectivity index (χ0n) is 26.8. The lowest BCUT2D eigenvalue weighted by molar-refractivity contribution is -0.121. The summed E-state index contributed by atoms with van der Waals surface area (Å²) in [5.41, 5.74) is 7.26. The Balaban J connectivity index is 0.947. The van der Waals surface area contributed by atoms with Gasteiger partial charge in [0.15, 0.2) is 0 Å². The van der Waals surface area contributed by atoms with Crippen molar-refractivity contribution in [1.29, 1.82) is 0 Å². The van der Waals surface area contributed by atoms with Crippen LogP contribution >= 0.6 is 0 Å². The molecule has 2 fully saturated rings. The summed E-state index contributed by atoms with van der Waals surface area (Å²) in [6.07, 6.45) is 5.77. The highest BCUT2D eigenvalue weighted by molar-refractivity contribution is 5.98. The van der Waals surface area contributed by atoms with E-state index in [2.05, 4.69) is 80.0 Å². The number of H-pyrrole nitrogens is 1. The average Bonchev–Trinajstić information content (AvgIpc) is 3.88. The van der Waals surface area contributed by atoms with Gasteiger partial charge in [0.2, 0.25) is 11.8 Å². The number of nitrogens with zero attached hydrogens (tertiary/aromatic N) is 2. The number of nitrogens with one attached hydrogen (secondary N) is 3. The number of amides is 2. The molecule has 0 bridgehead atoms. The lowest BCUT2D eigenvalue weighted by atomic mass is 10.1. The third kappa shape index (κ3) is 7.48. The van der Waals surface area contributed by atoms with Gasteiger partial charge in [-0.1, -0.05) is 72.8 Å². The van der Waals surface area contributed by atoms with Crippen molar-refractivity contribution in [2.45, 2.75) is 50.6 Å². The predicted octanol–water partition coefficient (Wildman–Crippen LogP) is 7.13. The molecule has 2 aliphatic heterocycles. The number of carbonyl (C=O) groups is 2. The van der Waals surface area contributed by atoms with E-state index < -0.39 is 0 Å². The van der Waals surface area contributed by atoms with Crippen molar-refractivity contribution in [3.8, 4) is 11.3 Å². The van der Waals surface area contributed by atoms with Crippen molar-refractivity contribution in [3.63, 3.8) is 0 Å². The zero-order chi connectivity index (χ0) is 32.0. The molecule has 7 nitrogen and oxygen atoms in total. The van der Waals surface area contributed by atoms with Crippen LogP contribution in [0.2, 0.25) is 0 Å². The van der Waals surface area contributed by atoms with E-state index in [1.54, 1.807) is 0 Å². The molecule has 47 heavy (non-hydrogen) atoms. The van der Waals surface area contributed by atoms with Crippen LogP contribution in [0.3, 0.4) is 0 Å². The van der Waals surface area contributed by atoms with Crippen LogP contribution in [-0.4, -0.2) is 64.9 Å². The second-order valence-corrected chi connectivity index (χ2v) is 12.9. The minimum atomic E-state index is -0.0961. The molecule has 2 amide bonds. The summed E-state index contributed by atoms with van der Waals surface area (Å²) in [7, 11) is 0. The van der Waals surface area contributed by atoms with Gasteiger partial charge in [-0.05, 0) is 105 Å². The molecule has 7 heteroatoms. The molecule has 5 aromatic rings. The van der Waals surface area contributed by atoms with Gasteiger partial charge < -0.3 is 15.6 Å². The van der Waals surface area contributed by atoms with Gasteiger partial charge in [0.1, 0.15) is 0 Å². The van der Waals surface area contributed by atoms with Crippen LogP contribution < -0.4 is 10.6 Å². The minimum Gasteiger partial charge on any atom is -0.355 e. The number of fused-ring (bicyclic) bond motifs is 1. The number of rotatable bonds is 11. The van der Waals surface area contributed by atoms with E-state index in [1.807, 2.05) is 54.6 Å². The molecule has 0 spiro atoms. The topological polar surface area (TPSA) is 80.5 Å². The van der Waals surface area contributed by atoms with Crippen LogP contribution in [0, 0.1) is 0 Å². The van der Waals surface area contributed by atoms with Crippen molar-refractivity contribution < 1.29 is 9.59 Å². The van der Waals surface area contributed by atoms with E-state index in [0.29, 0.717) is 0 Å². The van der Waals surface area contributed by atoms with Crippen molar-refractivity contribution in [1.82, 2.24) is 14.8 Å². The minimum absolute atomic E-state index is 0.0697. The SMILES string of the molecule is O=C(Nc1ccc(-c2cc3cc(NC(=O)[C@@H]4CCCN4CCc4ccccc4)ccc3[nH]2)cc1)[C@@H]1CCCN1CCc1ccccc1.